The molecule has 4 heterocycles. The molecular weight excluding hydrogens is 406 g/mol. The molecule has 2 saturated heterocycles. The van der Waals surface area contributed by atoms with Crippen LogP contribution < -0.4 is 10.6 Å². The van der Waals surface area contributed by atoms with Gasteiger partial charge in [0.25, 0.3) is 5.91 Å². The third-order valence-corrected chi connectivity index (χ3v) is 6.66. The molecule has 32 heavy (non-hydrogen) atoms. The summed E-state index contributed by atoms with van der Waals surface area (Å²) in [6.07, 6.45) is 6.18. The molecule has 0 radical (unpaired) electrons. The number of hydrogen-bond donors (Lipinski definition) is 2. The van der Waals surface area contributed by atoms with Gasteiger partial charge in [0.05, 0.1) is 5.69 Å². The van der Waals surface area contributed by atoms with Gasteiger partial charge in [0.1, 0.15) is 11.7 Å². The van der Waals surface area contributed by atoms with E-state index >= 15 is 0 Å². The summed E-state index contributed by atoms with van der Waals surface area (Å²) in [5.74, 6) is -0.355. The number of pyridine rings is 1. The van der Waals surface area contributed by atoms with Crippen molar-refractivity contribution in [3.05, 3.63) is 72.2 Å². The van der Waals surface area contributed by atoms with Crippen LogP contribution >= 0.6 is 0 Å². The second-order valence-electron chi connectivity index (χ2n) is 8.48. The van der Waals surface area contributed by atoms with Gasteiger partial charge in [-0.3, -0.25) is 14.9 Å². The number of urea groups is 1. The highest BCUT2D eigenvalue weighted by Crippen LogP contribution is 2.41. The average Bonchev–Trinajstić information content (AvgIpc) is 3.40. The Balaban J connectivity index is 1.33. The van der Waals surface area contributed by atoms with E-state index in [4.69, 9.17) is 4.98 Å². The molecule has 164 valence electrons. The number of carbonyl (C=O) groups is 3. The fraction of sp³-hybridized carbons (Fsp3) is 0.333. The minimum Gasteiger partial charge on any atom is -0.343 e. The van der Waals surface area contributed by atoms with Crippen LogP contribution in [0.15, 0.2) is 60.9 Å². The lowest BCUT2D eigenvalue weighted by Gasteiger charge is -2.41. The number of fused-ring (bicyclic) bond motifs is 1. The Kier molecular flexibility index (Phi) is 5.13. The van der Waals surface area contributed by atoms with Crippen LogP contribution in [0.2, 0.25) is 0 Å². The normalized spacial score (nSPS) is 20.2. The van der Waals surface area contributed by atoms with Crippen LogP contribution in [0, 0.1) is 0 Å². The molecule has 2 N–H and O–H groups in total. The van der Waals surface area contributed by atoms with Gasteiger partial charge in [-0.1, -0.05) is 36.4 Å². The van der Waals surface area contributed by atoms with Crippen molar-refractivity contribution in [2.45, 2.75) is 37.1 Å². The standard InChI is InChI=1S/C24H25N5O3/c30-21(10-9-18-22(31)27-23(32)25-18)28-14-11-24(12-15-28,17-6-2-1-3-7-17)19-16-29-13-5-4-8-20(29)26-19/h1-8,13,16,18H,9-12,14-15H2,(H2,25,27,31,32)/t18-/m0/s1. The molecule has 5 rings (SSSR count). The van der Waals surface area contributed by atoms with Crippen LogP contribution in [0.25, 0.3) is 5.65 Å². The van der Waals surface area contributed by atoms with Crippen molar-refractivity contribution >= 4 is 23.5 Å². The third-order valence-electron chi connectivity index (χ3n) is 6.66. The number of imide groups is 1. The number of benzene rings is 1. The summed E-state index contributed by atoms with van der Waals surface area (Å²) in [4.78, 5) is 42.6. The first-order valence-corrected chi connectivity index (χ1v) is 10.9. The van der Waals surface area contributed by atoms with E-state index in [1.807, 2.05) is 51.9 Å². The third kappa shape index (κ3) is 3.62. The number of piperidine rings is 1. The Morgan fingerprint density at radius 1 is 1.06 bits per heavy atom. The van der Waals surface area contributed by atoms with E-state index in [0.29, 0.717) is 19.5 Å². The number of aromatic nitrogens is 2. The Morgan fingerprint density at radius 2 is 1.81 bits per heavy atom. The maximum atomic E-state index is 12.8. The highest BCUT2D eigenvalue weighted by atomic mass is 16.2. The van der Waals surface area contributed by atoms with Gasteiger partial charge in [0.15, 0.2) is 0 Å². The number of rotatable bonds is 5. The SMILES string of the molecule is O=C1NC(=O)[C@H](CCC(=O)N2CCC(c3ccccc3)(c3cn4ccccc4n3)CC2)N1. The molecule has 1 aromatic carbocycles. The van der Waals surface area contributed by atoms with E-state index in [1.54, 1.807) is 0 Å². The summed E-state index contributed by atoms with van der Waals surface area (Å²) in [5.41, 5.74) is 2.88. The minimum absolute atomic E-state index is 0.00983. The second-order valence-corrected chi connectivity index (χ2v) is 8.48. The molecule has 2 aliphatic rings. The monoisotopic (exact) mass is 431 g/mol. The molecule has 0 bridgehead atoms. The molecular formula is C24H25N5O3. The molecule has 3 aromatic rings. The van der Waals surface area contributed by atoms with E-state index in [9.17, 15) is 14.4 Å². The van der Waals surface area contributed by atoms with Gasteiger partial charge in [-0.15, -0.1) is 0 Å². The number of amides is 4. The largest absolute Gasteiger partial charge is 0.343 e. The van der Waals surface area contributed by atoms with Crippen molar-refractivity contribution in [3.8, 4) is 0 Å². The van der Waals surface area contributed by atoms with Gasteiger partial charge in [0, 0.05) is 37.3 Å². The van der Waals surface area contributed by atoms with Gasteiger partial charge in [-0.05, 0) is 37.0 Å². The van der Waals surface area contributed by atoms with Gasteiger partial charge in [0.2, 0.25) is 5.91 Å². The first-order valence-electron chi connectivity index (χ1n) is 10.9. The van der Waals surface area contributed by atoms with Crippen molar-refractivity contribution in [3.63, 3.8) is 0 Å². The van der Waals surface area contributed by atoms with E-state index in [-0.39, 0.29) is 23.7 Å². The maximum Gasteiger partial charge on any atom is 0.322 e. The summed E-state index contributed by atoms with van der Waals surface area (Å²) in [5, 5.41) is 4.76. The Bertz CT molecular complexity index is 1130. The molecule has 8 nitrogen and oxygen atoms in total. The highest BCUT2D eigenvalue weighted by Gasteiger charge is 2.41. The molecule has 2 aliphatic heterocycles. The van der Waals surface area contributed by atoms with Gasteiger partial charge >= 0.3 is 6.03 Å². The van der Waals surface area contributed by atoms with E-state index in [2.05, 4.69) is 29.0 Å². The minimum atomic E-state index is -0.627. The first-order chi connectivity index (χ1) is 15.5. The van der Waals surface area contributed by atoms with Crippen molar-refractivity contribution < 1.29 is 14.4 Å². The summed E-state index contributed by atoms with van der Waals surface area (Å²) < 4.78 is 2.04. The smallest absolute Gasteiger partial charge is 0.322 e. The fourth-order valence-electron chi connectivity index (χ4n) is 4.84. The predicted octanol–water partition coefficient (Wildman–Crippen LogP) is 2.23. The van der Waals surface area contributed by atoms with E-state index in [1.165, 1.54) is 5.56 Å². The first kappa shape index (κ1) is 20.2. The van der Waals surface area contributed by atoms with Crippen molar-refractivity contribution in [1.29, 1.82) is 0 Å². The van der Waals surface area contributed by atoms with Crippen LogP contribution in [0.5, 0.6) is 0 Å². The summed E-state index contributed by atoms with van der Waals surface area (Å²) >= 11 is 0. The number of imidazole rings is 1. The molecule has 1 atom stereocenters. The Labute approximate surface area is 185 Å². The summed E-state index contributed by atoms with van der Waals surface area (Å²) in [7, 11) is 0. The number of carbonyl (C=O) groups excluding carboxylic acids is 3. The molecule has 0 aliphatic carbocycles. The predicted molar refractivity (Wildman–Crippen MR) is 118 cm³/mol. The van der Waals surface area contributed by atoms with Gasteiger partial charge in [-0.25, -0.2) is 9.78 Å². The van der Waals surface area contributed by atoms with Crippen LogP contribution in [0.1, 0.15) is 36.9 Å². The Hall–Kier alpha value is -3.68. The number of nitrogens with zero attached hydrogens (tertiary/aromatic N) is 3. The quantitative estimate of drug-likeness (QED) is 0.606. The van der Waals surface area contributed by atoms with Crippen molar-refractivity contribution in [2.75, 3.05) is 13.1 Å². The zero-order chi connectivity index (χ0) is 22.1. The van der Waals surface area contributed by atoms with Gasteiger partial charge in [-0.2, -0.15) is 0 Å². The topological polar surface area (TPSA) is 95.8 Å². The lowest BCUT2D eigenvalue weighted by Crippen LogP contribution is -2.46. The Morgan fingerprint density at radius 3 is 2.50 bits per heavy atom. The molecule has 8 heteroatoms. The number of likely N-dealkylation sites (tertiary alicyclic amines) is 1. The molecule has 2 fully saturated rings. The van der Waals surface area contributed by atoms with E-state index in [0.717, 1.165) is 24.2 Å². The fourth-order valence-corrected chi connectivity index (χ4v) is 4.84. The van der Waals surface area contributed by atoms with Crippen LogP contribution in [0.4, 0.5) is 4.79 Å². The average molecular weight is 431 g/mol. The lowest BCUT2D eigenvalue weighted by molar-refractivity contribution is -0.133. The number of nitrogens with one attached hydrogen (secondary N) is 2. The summed E-state index contributed by atoms with van der Waals surface area (Å²) in [6.45, 7) is 1.23. The highest BCUT2D eigenvalue weighted by molar-refractivity contribution is 6.04. The molecule has 0 spiro atoms. The van der Waals surface area contributed by atoms with Crippen LogP contribution in [-0.4, -0.2) is 51.3 Å². The zero-order valence-corrected chi connectivity index (χ0v) is 17.7. The van der Waals surface area contributed by atoms with E-state index < -0.39 is 12.1 Å². The molecule has 0 unspecified atom stereocenters. The maximum absolute atomic E-state index is 12.8. The number of hydrogen-bond acceptors (Lipinski definition) is 4. The molecule has 0 saturated carbocycles. The lowest BCUT2D eigenvalue weighted by atomic mass is 9.70. The molecule has 2 aromatic heterocycles. The van der Waals surface area contributed by atoms with Crippen LogP contribution in [0.3, 0.4) is 0 Å². The molecule has 4 amide bonds. The van der Waals surface area contributed by atoms with Gasteiger partial charge < -0.3 is 14.6 Å². The van der Waals surface area contributed by atoms with Crippen molar-refractivity contribution in [1.82, 2.24) is 24.9 Å². The summed E-state index contributed by atoms with van der Waals surface area (Å²) in [6, 6.07) is 15.2. The zero-order valence-electron chi connectivity index (χ0n) is 17.7. The second kappa shape index (κ2) is 8.11. The van der Waals surface area contributed by atoms with Crippen molar-refractivity contribution in [2.24, 2.45) is 0 Å². The van der Waals surface area contributed by atoms with Crippen LogP contribution in [-0.2, 0) is 15.0 Å².